The largest absolute Gasteiger partial charge is 0.378 e. The lowest BCUT2D eigenvalue weighted by molar-refractivity contribution is 0.0954. The first-order valence-electron chi connectivity index (χ1n) is 6.97. The number of benzene rings is 2. The molecule has 0 aliphatic rings. The molecule has 2 aromatic rings. The van der Waals surface area contributed by atoms with Gasteiger partial charge in [0, 0.05) is 31.9 Å². The molecule has 0 atom stereocenters. The van der Waals surface area contributed by atoms with Gasteiger partial charge < -0.3 is 10.2 Å². The van der Waals surface area contributed by atoms with Gasteiger partial charge in [0.1, 0.15) is 0 Å². The Labute approximate surface area is 128 Å². The van der Waals surface area contributed by atoms with Crippen LogP contribution in [-0.4, -0.2) is 26.5 Å². The van der Waals surface area contributed by atoms with Gasteiger partial charge in [-0.25, -0.2) is 8.78 Å². The van der Waals surface area contributed by atoms with Crippen molar-refractivity contribution in [3.8, 4) is 0 Å². The number of carbonyl (C=O) groups is 1. The summed E-state index contributed by atoms with van der Waals surface area (Å²) in [6, 6.07) is 11.0. The molecule has 0 unspecified atom stereocenters. The number of halogens is 2. The summed E-state index contributed by atoms with van der Waals surface area (Å²) in [5.41, 5.74) is 2.14. The van der Waals surface area contributed by atoms with Crippen LogP contribution >= 0.6 is 0 Å². The zero-order chi connectivity index (χ0) is 16.1. The normalized spacial score (nSPS) is 10.4. The van der Waals surface area contributed by atoms with Crippen molar-refractivity contribution in [1.82, 2.24) is 5.32 Å². The lowest BCUT2D eigenvalue weighted by Crippen LogP contribution is -2.26. The number of amides is 1. The van der Waals surface area contributed by atoms with Crippen LogP contribution < -0.4 is 10.2 Å². The van der Waals surface area contributed by atoms with Crippen molar-refractivity contribution in [3.05, 3.63) is 65.2 Å². The van der Waals surface area contributed by atoms with Gasteiger partial charge in [0.25, 0.3) is 5.91 Å². The second-order valence-corrected chi connectivity index (χ2v) is 5.20. The summed E-state index contributed by atoms with van der Waals surface area (Å²) < 4.78 is 25.9. The number of rotatable bonds is 5. The number of nitrogens with one attached hydrogen (secondary N) is 1. The van der Waals surface area contributed by atoms with Gasteiger partial charge in [-0.3, -0.25) is 4.79 Å². The quantitative estimate of drug-likeness (QED) is 0.921. The van der Waals surface area contributed by atoms with E-state index in [1.54, 1.807) is 12.1 Å². The van der Waals surface area contributed by atoms with Gasteiger partial charge in [0.15, 0.2) is 11.6 Å². The third-order valence-corrected chi connectivity index (χ3v) is 3.31. The van der Waals surface area contributed by atoms with Gasteiger partial charge in [-0.05, 0) is 42.3 Å². The Morgan fingerprint density at radius 1 is 1.09 bits per heavy atom. The molecule has 3 nitrogen and oxygen atoms in total. The first-order chi connectivity index (χ1) is 10.5. The molecule has 0 saturated carbocycles. The highest BCUT2D eigenvalue weighted by molar-refractivity contribution is 5.95. The molecule has 0 radical (unpaired) electrons. The van der Waals surface area contributed by atoms with Crippen molar-refractivity contribution >= 4 is 11.6 Å². The third-order valence-electron chi connectivity index (χ3n) is 3.31. The number of hydrogen-bond acceptors (Lipinski definition) is 2. The van der Waals surface area contributed by atoms with Gasteiger partial charge in [0.05, 0.1) is 0 Å². The van der Waals surface area contributed by atoms with E-state index in [0.717, 1.165) is 17.8 Å². The Balaban J connectivity index is 1.92. The first-order valence-corrected chi connectivity index (χ1v) is 6.97. The SMILES string of the molecule is CN(C)c1cccc(C(=O)NCCc2ccc(F)c(F)c2)c1. The van der Waals surface area contributed by atoms with Crippen molar-refractivity contribution in [1.29, 1.82) is 0 Å². The highest BCUT2D eigenvalue weighted by atomic mass is 19.2. The van der Waals surface area contributed by atoms with Crippen LogP contribution in [0.5, 0.6) is 0 Å². The highest BCUT2D eigenvalue weighted by Crippen LogP contribution is 2.13. The van der Waals surface area contributed by atoms with Gasteiger partial charge in [-0.15, -0.1) is 0 Å². The van der Waals surface area contributed by atoms with E-state index >= 15 is 0 Å². The molecule has 2 aromatic carbocycles. The van der Waals surface area contributed by atoms with E-state index in [2.05, 4.69) is 5.32 Å². The molecule has 0 aliphatic carbocycles. The maximum atomic E-state index is 13.1. The van der Waals surface area contributed by atoms with Gasteiger partial charge >= 0.3 is 0 Å². The van der Waals surface area contributed by atoms with E-state index in [-0.39, 0.29) is 5.91 Å². The van der Waals surface area contributed by atoms with Crippen molar-refractivity contribution in [2.75, 3.05) is 25.5 Å². The molecule has 0 bridgehead atoms. The Morgan fingerprint density at radius 3 is 2.55 bits per heavy atom. The van der Waals surface area contributed by atoms with Crippen LogP contribution in [0.15, 0.2) is 42.5 Å². The van der Waals surface area contributed by atoms with Crippen LogP contribution in [0.4, 0.5) is 14.5 Å². The number of hydrogen-bond donors (Lipinski definition) is 1. The molecule has 22 heavy (non-hydrogen) atoms. The second-order valence-electron chi connectivity index (χ2n) is 5.20. The molecular weight excluding hydrogens is 286 g/mol. The van der Waals surface area contributed by atoms with Crippen molar-refractivity contribution < 1.29 is 13.6 Å². The molecule has 2 rings (SSSR count). The highest BCUT2D eigenvalue weighted by Gasteiger charge is 2.07. The second kappa shape index (κ2) is 7.02. The van der Waals surface area contributed by atoms with Crippen LogP contribution in [0.25, 0.3) is 0 Å². The standard InChI is InChI=1S/C17H18F2N2O/c1-21(2)14-5-3-4-13(11-14)17(22)20-9-8-12-6-7-15(18)16(19)10-12/h3-7,10-11H,8-9H2,1-2H3,(H,20,22). The molecule has 5 heteroatoms. The fraction of sp³-hybridized carbons (Fsp3) is 0.235. The summed E-state index contributed by atoms with van der Waals surface area (Å²) in [6.07, 6.45) is 0.441. The summed E-state index contributed by atoms with van der Waals surface area (Å²) >= 11 is 0. The lowest BCUT2D eigenvalue weighted by Gasteiger charge is -2.13. The van der Waals surface area contributed by atoms with Crippen LogP contribution in [0.1, 0.15) is 15.9 Å². The molecule has 0 heterocycles. The minimum absolute atomic E-state index is 0.189. The minimum atomic E-state index is -0.873. The van der Waals surface area contributed by atoms with Gasteiger partial charge in [-0.1, -0.05) is 12.1 Å². The zero-order valence-electron chi connectivity index (χ0n) is 12.6. The summed E-state index contributed by atoms with van der Waals surface area (Å²) in [6.45, 7) is 0.357. The molecule has 1 N–H and O–H groups in total. The van der Waals surface area contributed by atoms with Crippen molar-refractivity contribution in [2.24, 2.45) is 0 Å². The van der Waals surface area contributed by atoms with E-state index in [9.17, 15) is 13.6 Å². The van der Waals surface area contributed by atoms with Crippen LogP contribution in [-0.2, 0) is 6.42 Å². The Kier molecular flexibility index (Phi) is 5.09. The fourth-order valence-corrected chi connectivity index (χ4v) is 2.04. The molecule has 0 aromatic heterocycles. The molecule has 0 aliphatic heterocycles. The van der Waals surface area contributed by atoms with E-state index in [4.69, 9.17) is 0 Å². The van der Waals surface area contributed by atoms with Crippen molar-refractivity contribution in [3.63, 3.8) is 0 Å². The Bertz CT molecular complexity index is 671. The molecular formula is C17H18F2N2O. The summed E-state index contributed by atoms with van der Waals surface area (Å²) in [7, 11) is 3.81. The van der Waals surface area contributed by atoms with Crippen LogP contribution in [0.3, 0.4) is 0 Å². The third kappa shape index (κ3) is 4.04. The van der Waals surface area contributed by atoms with Crippen LogP contribution in [0, 0.1) is 11.6 Å². The van der Waals surface area contributed by atoms with Crippen molar-refractivity contribution in [2.45, 2.75) is 6.42 Å². The average molecular weight is 304 g/mol. The first kappa shape index (κ1) is 15.9. The lowest BCUT2D eigenvalue weighted by atomic mass is 10.1. The zero-order valence-corrected chi connectivity index (χ0v) is 12.6. The summed E-state index contributed by atoms with van der Waals surface area (Å²) in [5, 5.41) is 2.77. The summed E-state index contributed by atoms with van der Waals surface area (Å²) in [4.78, 5) is 14.0. The van der Waals surface area contributed by atoms with Gasteiger partial charge in [-0.2, -0.15) is 0 Å². The molecule has 0 fully saturated rings. The topological polar surface area (TPSA) is 32.3 Å². The molecule has 0 saturated heterocycles. The Hall–Kier alpha value is -2.43. The van der Waals surface area contributed by atoms with Gasteiger partial charge in [0.2, 0.25) is 0 Å². The number of anilines is 1. The minimum Gasteiger partial charge on any atom is -0.378 e. The van der Waals surface area contributed by atoms with Crippen LogP contribution in [0.2, 0.25) is 0 Å². The summed E-state index contributed by atoms with van der Waals surface area (Å²) in [5.74, 6) is -1.93. The maximum Gasteiger partial charge on any atom is 0.251 e. The number of carbonyl (C=O) groups excluding carboxylic acids is 1. The fourth-order valence-electron chi connectivity index (χ4n) is 2.04. The average Bonchev–Trinajstić information content (AvgIpc) is 2.51. The predicted molar refractivity (Wildman–Crippen MR) is 83.2 cm³/mol. The van der Waals surface area contributed by atoms with E-state index in [1.807, 2.05) is 31.1 Å². The maximum absolute atomic E-state index is 13.1. The number of nitrogens with zero attached hydrogens (tertiary/aromatic N) is 1. The molecule has 116 valence electrons. The molecule has 0 spiro atoms. The monoisotopic (exact) mass is 304 g/mol. The van der Waals surface area contributed by atoms with E-state index in [1.165, 1.54) is 6.07 Å². The molecule has 1 amide bonds. The van der Waals surface area contributed by atoms with E-state index < -0.39 is 11.6 Å². The smallest absolute Gasteiger partial charge is 0.251 e. The van der Waals surface area contributed by atoms with E-state index in [0.29, 0.717) is 24.1 Å². The predicted octanol–water partition coefficient (Wildman–Crippen LogP) is 3.00. The Morgan fingerprint density at radius 2 is 1.86 bits per heavy atom.